The van der Waals surface area contributed by atoms with Crippen molar-refractivity contribution < 1.29 is 19.4 Å². The van der Waals surface area contributed by atoms with Gasteiger partial charge in [0.1, 0.15) is 0 Å². The second-order valence-corrected chi connectivity index (χ2v) is 7.05. The van der Waals surface area contributed by atoms with E-state index in [1.54, 1.807) is 0 Å². The fourth-order valence-electron chi connectivity index (χ4n) is 2.40. The number of rotatable bonds is 7. The lowest BCUT2D eigenvalue weighted by Crippen LogP contribution is -2.46. The van der Waals surface area contributed by atoms with E-state index in [4.69, 9.17) is 16.3 Å². The van der Waals surface area contributed by atoms with Crippen LogP contribution in [0, 0.1) is 5.41 Å². The first kappa shape index (κ1) is 18.1. The largest absolute Gasteiger partial charge is 0.481 e. The number of ether oxygens (including phenoxy) is 1. The van der Waals surface area contributed by atoms with Crippen LogP contribution in [-0.2, 0) is 14.3 Å². The van der Waals surface area contributed by atoms with Gasteiger partial charge in [-0.2, -0.15) is 0 Å². The number of nitrogens with one attached hydrogen (secondary N) is 1. The third-order valence-corrected chi connectivity index (χ3v) is 5.47. The van der Waals surface area contributed by atoms with Crippen molar-refractivity contribution in [3.63, 3.8) is 0 Å². The van der Waals surface area contributed by atoms with E-state index in [-0.39, 0.29) is 12.5 Å². The van der Waals surface area contributed by atoms with Crippen LogP contribution in [0.3, 0.4) is 0 Å². The van der Waals surface area contributed by atoms with Crippen LogP contribution in [0.4, 0.5) is 0 Å². The summed E-state index contributed by atoms with van der Waals surface area (Å²) in [5.41, 5.74) is -0.899. The Hall–Kier alpha value is -1.24. The van der Waals surface area contributed by atoms with Gasteiger partial charge in [-0.25, -0.2) is 0 Å². The molecule has 1 heterocycles. The molecule has 0 radical (unpaired) electrons. The highest BCUT2D eigenvalue weighted by Crippen LogP contribution is 2.30. The van der Waals surface area contributed by atoms with Crippen LogP contribution >= 0.6 is 23.4 Å². The highest BCUT2D eigenvalue weighted by molar-refractivity contribution is 7.99. The Kier molecular flexibility index (Phi) is 6.74. The van der Waals surface area contributed by atoms with Crippen molar-refractivity contribution in [1.82, 2.24) is 5.32 Å². The van der Waals surface area contributed by atoms with Crippen molar-refractivity contribution >= 4 is 35.2 Å². The minimum atomic E-state index is -0.899. The van der Waals surface area contributed by atoms with E-state index in [9.17, 15) is 14.7 Å². The molecule has 0 spiro atoms. The Morgan fingerprint density at radius 3 is 2.65 bits per heavy atom. The number of carbonyl (C=O) groups is 2. The Labute approximate surface area is 144 Å². The number of thioether (sulfide) groups is 1. The van der Waals surface area contributed by atoms with E-state index >= 15 is 0 Å². The highest BCUT2D eigenvalue weighted by atomic mass is 35.5. The second kappa shape index (κ2) is 8.57. The number of carboxylic acids is 1. The highest BCUT2D eigenvalue weighted by Gasteiger charge is 2.40. The van der Waals surface area contributed by atoms with E-state index in [0.717, 1.165) is 4.90 Å². The number of benzene rings is 1. The van der Waals surface area contributed by atoms with Crippen LogP contribution in [0.25, 0.3) is 0 Å². The number of carbonyl (C=O) groups excluding carboxylic acids is 1. The summed E-state index contributed by atoms with van der Waals surface area (Å²) in [6.07, 6.45) is 1.18. The molecule has 5 nitrogen and oxygen atoms in total. The summed E-state index contributed by atoms with van der Waals surface area (Å²) in [5, 5.41) is 12.9. The molecule has 0 bridgehead atoms. The van der Waals surface area contributed by atoms with Crippen LogP contribution in [0.15, 0.2) is 29.2 Å². The van der Waals surface area contributed by atoms with Crippen molar-refractivity contribution in [2.45, 2.75) is 24.2 Å². The number of amides is 1. The van der Waals surface area contributed by atoms with E-state index < -0.39 is 11.4 Å². The van der Waals surface area contributed by atoms with E-state index in [0.29, 0.717) is 43.3 Å². The number of hydrogen-bond acceptors (Lipinski definition) is 4. The van der Waals surface area contributed by atoms with Crippen molar-refractivity contribution in [1.29, 1.82) is 0 Å². The molecule has 1 saturated heterocycles. The van der Waals surface area contributed by atoms with Gasteiger partial charge in [-0.1, -0.05) is 23.7 Å². The van der Waals surface area contributed by atoms with Gasteiger partial charge in [0.15, 0.2) is 0 Å². The fourth-order valence-corrected chi connectivity index (χ4v) is 3.59. The Bertz CT molecular complexity index is 561. The van der Waals surface area contributed by atoms with Crippen molar-refractivity contribution in [3.8, 4) is 0 Å². The van der Waals surface area contributed by atoms with Crippen LogP contribution in [0.1, 0.15) is 19.3 Å². The zero-order valence-corrected chi connectivity index (χ0v) is 14.3. The lowest BCUT2D eigenvalue weighted by molar-refractivity contribution is -0.154. The maximum Gasteiger partial charge on any atom is 0.311 e. The van der Waals surface area contributed by atoms with Crippen LogP contribution < -0.4 is 5.32 Å². The van der Waals surface area contributed by atoms with E-state index in [1.165, 1.54) is 11.8 Å². The molecule has 0 unspecified atom stereocenters. The third-order valence-electron chi connectivity index (χ3n) is 3.95. The summed E-state index contributed by atoms with van der Waals surface area (Å²) in [6.45, 7) is 0.996. The first-order valence-corrected chi connectivity index (χ1v) is 8.85. The summed E-state index contributed by atoms with van der Waals surface area (Å²) in [7, 11) is 0. The van der Waals surface area contributed by atoms with Crippen molar-refractivity contribution in [3.05, 3.63) is 29.3 Å². The lowest BCUT2D eigenvalue weighted by atomic mass is 9.80. The molecule has 0 atom stereocenters. The summed E-state index contributed by atoms with van der Waals surface area (Å²) in [5.74, 6) is -0.415. The third kappa shape index (κ3) is 5.12. The van der Waals surface area contributed by atoms with Gasteiger partial charge in [0.25, 0.3) is 0 Å². The summed E-state index contributed by atoms with van der Waals surface area (Å²) < 4.78 is 5.21. The number of carboxylic acid groups (broad SMARTS) is 1. The van der Waals surface area contributed by atoms with E-state index in [1.807, 2.05) is 24.3 Å². The van der Waals surface area contributed by atoms with Gasteiger partial charge in [0, 0.05) is 36.8 Å². The molecular formula is C16H20ClNO4S. The molecule has 1 aliphatic rings. The van der Waals surface area contributed by atoms with Gasteiger partial charge in [0.2, 0.25) is 5.91 Å². The van der Waals surface area contributed by atoms with Crippen LogP contribution in [0.2, 0.25) is 5.02 Å². The molecule has 0 saturated carbocycles. The quantitative estimate of drug-likeness (QED) is 0.734. The summed E-state index contributed by atoms with van der Waals surface area (Å²) in [4.78, 5) is 24.4. The average Bonchev–Trinajstić information content (AvgIpc) is 2.55. The van der Waals surface area contributed by atoms with Gasteiger partial charge in [-0.05, 0) is 25.0 Å². The minimum Gasteiger partial charge on any atom is -0.481 e. The topological polar surface area (TPSA) is 75.6 Å². The fraction of sp³-hybridized carbons (Fsp3) is 0.500. The predicted octanol–water partition coefficient (Wildman–Crippen LogP) is 2.82. The Morgan fingerprint density at radius 1 is 1.30 bits per heavy atom. The summed E-state index contributed by atoms with van der Waals surface area (Å²) in [6, 6.07) is 7.48. The number of aliphatic carboxylic acids is 1. The number of hydrogen-bond donors (Lipinski definition) is 2. The zero-order chi connectivity index (χ0) is 16.7. The minimum absolute atomic E-state index is 0.142. The lowest BCUT2D eigenvalue weighted by Gasteiger charge is -2.33. The molecule has 0 aromatic heterocycles. The average molecular weight is 358 g/mol. The van der Waals surface area contributed by atoms with E-state index in [2.05, 4.69) is 5.32 Å². The van der Waals surface area contributed by atoms with Crippen molar-refractivity contribution in [2.75, 3.05) is 25.5 Å². The molecular weight excluding hydrogens is 338 g/mol. The predicted molar refractivity (Wildman–Crippen MR) is 89.9 cm³/mol. The molecule has 1 amide bonds. The maximum absolute atomic E-state index is 11.9. The molecule has 23 heavy (non-hydrogen) atoms. The smallest absolute Gasteiger partial charge is 0.311 e. The SMILES string of the molecule is O=C(CCSc1ccccc1Cl)NCC1(C(=O)O)CCOCC1. The molecule has 126 valence electrons. The number of halogens is 1. The molecule has 2 N–H and O–H groups in total. The molecule has 1 aromatic carbocycles. The molecule has 7 heteroatoms. The molecule has 1 fully saturated rings. The Balaban J connectivity index is 1.76. The molecule has 0 aliphatic carbocycles. The van der Waals surface area contributed by atoms with Crippen LogP contribution in [-0.4, -0.2) is 42.5 Å². The van der Waals surface area contributed by atoms with Gasteiger partial charge < -0.3 is 15.2 Å². The first-order chi connectivity index (χ1) is 11.0. The molecule has 1 aliphatic heterocycles. The van der Waals surface area contributed by atoms with Gasteiger partial charge in [0.05, 0.1) is 10.4 Å². The second-order valence-electron chi connectivity index (χ2n) is 5.50. The van der Waals surface area contributed by atoms with Gasteiger partial charge >= 0.3 is 5.97 Å². The first-order valence-electron chi connectivity index (χ1n) is 7.49. The molecule has 1 aromatic rings. The van der Waals surface area contributed by atoms with Crippen LogP contribution in [0.5, 0.6) is 0 Å². The summed E-state index contributed by atoms with van der Waals surface area (Å²) >= 11 is 7.57. The molecule has 2 rings (SSSR count). The monoisotopic (exact) mass is 357 g/mol. The normalized spacial score (nSPS) is 16.7. The maximum atomic E-state index is 11.9. The van der Waals surface area contributed by atoms with Crippen molar-refractivity contribution in [2.24, 2.45) is 5.41 Å². The standard InChI is InChI=1S/C16H20ClNO4S/c17-12-3-1-2-4-13(12)23-10-5-14(19)18-11-16(15(20)21)6-8-22-9-7-16/h1-4H,5-11H2,(H,18,19)(H,20,21). The zero-order valence-electron chi connectivity index (χ0n) is 12.7. The van der Waals surface area contributed by atoms with Gasteiger partial charge in [-0.3, -0.25) is 9.59 Å². The van der Waals surface area contributed by atoms with Gasteiger partial charge in [-0.15, -0.1) is 11.8 Å². The Morgan fingerprint density at radius 2 is 2.00 bits per heavy atom.